The minimum atomic E-state index is -0.569. The van der Waals surface area contributed by atoms with Crippen molar-refractivity contribution in [2.45, 2.75) is 26.2 Å². The molecule has 90 valence electrons. The van der Waals surface area contributed by atoms with Crippen LogP contribution in [-0.4, -0.2) is 34.8 Å². The van der Waals surface area contributed by atoms with Crippen LogP contribution in [0.25, 0.3) is 0 Å². The van der Waals surface area contributed by atoms with Gasteiger partial charge in [0.15, 0.2) is 24.2 Å². The van der Waals surface area contributed by atoms with E-state index in [1.165, 1.54) is 0 Å². The molecule has 0 aliphatic rings. The van der Waals surface area contributed by atoms with Crippen LogP contribution >= 0.6 is 0 Å². The van der Waals surface area contributed by atoms with Crippen molar-refractivity contribution in [3.05, 3.63) is 35.4 Å². The van der Waals surface area contributed by atoms with Gasteiger partial charge in [-0.15, -0.1) is 0 Å². The van der Waals surface area contributed by atoms with Crippen molar-refractivity contribution in [2.24, 2.45) is 5.10 Å². The van der Waals surface area contributed by atoms with Gasteiger partial charge in [0.1, 0.15) is 0 Å². The second-order valence-corrected chi connectivity index (χ2v) is 9.28. The van der Waals surface area contributed by atoms with Crippen LogP contribution in [0.15, 0.2) is 29.4 Å². The third kappa shape index (κ3) is 3.94. The van der Waals surface area contributed by atoms with Gasteiger partial charge < -0.3 is 4.34 Å². The molecular weight excluding hydrogens is 244 g/mol. The lowest BCUT2D eigenvalue weighted by Gasteiger charge is -2.25. The molecular formula is C12H18N2OSi2. The summed E-state index contributed by atoms with van der Waals surface area (Å²) in [6, 6.07) is 7.52. The molecule has 0 spiro atoms. The first-order chi connectivity index (χ1) is 8.06. The minimum Gasteiger partial charge on any atom is -0.350 e. The zero-order valence-electron chi connectivity index (χ0n) is 10.8. The van der Waals surface area contributed by atoms with Gasteiger partial charge in [0.05, 0.1) is 6.21 Å². The van der Waals surface area contributed by atoms with E-state index in [4.69, 9.17) is 0 Å². The maximum absolute atomic E-state index is 10.9. The predicted molar refractivity (Wildman–Crippen MR) is 76.2 cm³/mol. The summed E-state index contributed by atoms with van der Waals surface area (Å²) in [5.74, 6) is 0. The highest BCUT2D eigenvalue weighted by molar-refractivity contribution is 6.69. The molecule has 0 amide bonds. The van der Waals surface area contributed by atoms with Gasteiger partial charge in [-0.2, -0.15) is 0 Å². The lowest BCUT2D eigenvalue weighted by Crippen LogP contribution is -2.38. The van der Waals surface area contributed by atoms with E-state index >= 15 is 0 Å². The molecule has 0 aromatic heterocycles. The molecule has 3 nitrogen and oxygen atoms in total. The molecule has 1 aromatic rings. The number of hydrogen-bond donors (Lipinski definition) is 0. The molecule has 17 heavy (non-hydrogen) atoms. The normalized spacial score (nSPS) is 11.4. The molecule has 5 heteroatoms. The Kier molecular flexibility index (Phi) is 5.31. The zero-order chi connectivity index (χ0) is 12.8. The largest absolute Gasteiger partial charge is 0.350 e. The van der Waals surface area contributed by atoms with Crippen LogP contribution in [0.4, 0.5) is 0 Å². The minimum absolute atomic E-state index is 0.569. The monoisotopic (exact) mass is 262 g/mol. The number of carbonyl (C=O) groups is 1. The number of carbonyl (C=O) groups excluding carboxylic acids is 1. The number of aldehydes is 1. The maximum Gasteiger partial charge on any atom is 0.174 e. The van der Waals surface area contributed by atoms with Gasteiger partial charge in [-0.1, -0.05) is 50.5 Å². The summed E-state index contributed by atoms with van der Waals surface area (Å²) < 4.78 is 2.22. The van der Waals surface area contributed by atoms with Crippen LogP contribution in [0.2, 0.25) is 26.2 Å². The average molecular weight is 262 g/mol. The number of hydrogen-bond acceptors (Lipinski definition) is 3. The first-order valence-corrected chi connectivity index (χ1v) is 10.4. The lowest BCUT2D eigenvalue weighted by atomic mass is 10.1. The highest BCUT2D eigenvalue weighted by atomic mass is 28.3. The summed E-state index contributed by atoms with van der Waals surface area (Å²) in [7, 11) is -1.14. The second kappa shape index (κ2) is 6.51. The summed E-state index contributed by atoms with van der Waals surface area (Å²) in [6.45, 7) is 8.91. The van der Waals surface area contributed by atoms with Crippen molar-refractivity contribution < 1.29 is 4.79 Å². The number of hydrazone groups is 1. The molecule has 0 bridgehead atoms. The van der Waals surface area contributed by atoms with E-state index in [1.54, 1.807) is 6.21 Å². The summed E-state index contributed by atoms with van der Waals surface area (Å²) in [5.41, 5.74) is 1.58. The molecule has 0 fully saturated rings. The van der Waals surface area contributed by atoms with Gasteiger partial charge in [-0.3, -0.25) is 4.79 Å². The van der Waals surface area contributed by atoms with Crippen molar-refractivity contribution in [1.29, 1.82) is 0 Å². The van der Waals surface area contributed by atoms with Crippen LogP contribution < -0.4 is 0 Å². The van der Waals surface area contributed by atoms with Crippen LogP contribution in [-0.2, 0) is 0 Å². The molecule has 0 saturated heterocycles. The van der Waals surface area contributed by atoms with Gasteiger partial charge in [0, 0.05) is 11.1 Å². The van der Waals surface area contributed by atoms with Crippen molar-refractivity contribution >= 4 is 30.4 Å². The smallest absolute Gasteiger partial charge is 0.174 e. The fraction of sp³-hybridized carbons (Fsp3) is 0.333. The molecule has 1 aromatic carbocycles. The zero-order valence-corrected chi connectivity index (χ0v) is 12.8. The number of nitrogens with zero attached hydrogens (tertiary/aromatic N) is 2. The molecule has 0 aliphatic heterocycles. The van der Waals surface area contributed by atoms with E-state index < -0.39 is 17.9 Å². The van der Waals surface area contributed by atoms with Gasteiger partial charge in [-0.05, 0) is 0 Å². The van der Waals surface area contributed by atoms with Crippen molar-refractivity contribution in [1.82, 2.24) is 4.34 Å². The highest BCUT2D eigenvalue weighted by Crippen LogP contribution is 2.05. The first-order valence-electron chi connectivity index (χ1n) is 5.55. The molecule has 0 N–H and O–H groups in total. The average Bonchev–Trinajstić information content (AvgIpc) is 2.29. The van der Waals surface area contributed by atoms with Crippen LogP contribution in [0.1, 0.15) is 15.9 Å². The Morgan fingerprint density at radius 1 is 1.06 bits per heavy atom. The van der Waals surface area contributed by atoms with Crippen LogP contribution in [0, 0.1) is 0 Å². The Labute approximate surface area is 107 Å². The first kappa shape index (κ1) is 13.9. The Morgan fingerprint density at radius 2 is 1.59 bits per heavy atom. The molecule has 0 saturated carbocycles. The Balaban J connectivity index is 2.92. The fourth-order valence-corrected chi connectivity index (χ4v) is 5.69. The summed E-state index contributed by atoms with van der Waals surface area (Å²) in [4.78, 5) is 10.9. The number of benzene rings is 1. The SMILES string of the molecule is C[Si](C)N(N=Cc1ccccc1C=O)[Si](C)C. The molecule has 0 unspecified atom stereocenters. The van der Waals surface area contributed by atoms with E-state index in [0.29, 0.717) is 5.56 Å². The van der Waals surface area contributed by atoms with Gasteiger partial charge in [-0.25, -0.2) is 5.10 Å². The Hall–Kier alpha value is -1.21. The third-order valence-electron chi connectivity index (χ3n) is 2.28. The Bertz CT molecular complexity index is 397. The molecule has 0 atom stereocenters. The van der Waals surface area contributed by atoms with Gasteiger partial charge >= 0.3 is 0 Å². The summed E-state index contributed by atoms with van der Waals surface area (Å²) in [6.07, 6.45) is 2.68. The van der Waals surface area contributed by atoms with Crippen molar-refractivity contribution in [3.8, 4) is 0 Å². The van der Waals surface area contributed by atoms with Crippen LogP contribution in [0.5, 0.6) is 0 Å². The predicted octanol–water partition coefficient (Wildman–Crippen LogP) is 2.64. The molecule has 2 radical (unpaired) electrons. The van der Waals surface area contributed by atoms with Gasteiger partial charge in [0.2, 0.25) is 0 Å². The second-order valence-electron chi connectivity index (χ2n) is 4.20. The molecule has 1 rings (SSSR count). The maximum atomic E-state index is 10.9. The highest BCUT2D eigenvalue weighted by Gasteiger charge is 2.13. The fourth-order valence-electron chi connectivity index (χ4n) is 1.53. The van der Waals surface area contributed by atoms with Gasteiger partial charge in [0.25, 0.3) is 0 Å². The van der Waals surface area contributed by atoms with Crippen molar-refractivity contribution in [2.75, 3.05) is 0 Å². The lowest BCUT2D eigenvalue weighted by molar-refractivity contribution is 0.112. The molecule has 0 heterocycles. The van der Waals surface area contributed by atoms with Crippen LogP contribution in [0.3, 0.4) is 0 Å². The molecule has 0 aliphatic carbocycles. The van der Waals surface area contributed by atoms with E-state index in [-0.39, 0.29) is 0 Å². The van der Waals surface area contributed by atoms with E-state index in [1.807, 2.05) is 24.3 Å². The summed E-state index contributed by atoms with van der Waals surface area (Å²) >= 11 is 0. The van der Waals surface area contributed by atoms with Crippen molar-refractivity contribution in [3.63, 3.8) is 0 Å². The quantitative estimate of drug-likeness (QED) is 0.354. The third-order valence-corrected chi connectivity index (χ3v) is 6.89. The summed E-state index contributed by atoms with van der Waals surface area (Å²) in [5, 5.41) is 4.54. The standard InChI is InChI=1S/C12H18N2OSi2/c1-16(2)14(17(3)4)13-9-11-7-5-6-8-12(11)10-15/h5-10H,1-4H3. The topological polar surface area (TPSA) is 32.7 Å². The van der Waals surface area contributed by atoms with E-state index in [2.05, 4.69) is 35.6 Å². The number of rotatable bonds is 5. The van der Waals surface area contributed by atoms with E-state index in [9.17, 15) is 4.79 Å². The Morgan fingerprint density at radius 3 is 2.06 bits per heavy atom. The van der Waals surface area contributed by atoms with E-state index in [0.717, 1.165) is 11.8 Å².